The van der Waals surface area contributed by atoms with Gasteiger partial charge >= 0.3 is 5.69 Å². The van der Waals surface area contributed by atoms with Crippen molar-refractivity contribution in [2.45, 2.75) is 4.90 Å². The second-order valence-corrected chi connectivity index (χ2v) is 9.64. The van der Waals surface area contributed by atoms with Gasteiger partial charge in [-0.25, -0.2) is 17.6 Å². The van der Waals surface area contributed by atoms with Crippen LogP contribution in [0.1, 0.15) is 0 Å². The van der Waals surface area contributed by atoms with E-state index in [0.29, 0.717) is 37.2 Å². The van der Waals surface area contributed by atoms with Gasteiger partial charge in [0.15, 0.2) is 9.84 Å². The summed E-state index contributed by atoms with van der Waals surface area (Å²) in [6, 6.07) is 10.6. The van der Waals surface area contributed by atoms with Crippen LogP contribution in [0.3, 0.4) is 0 Å². The van der Waals surface area contributed by atoms with Crippen LogP contribution >= 0.6 is 0 Å². The zero-order valence-electron chi connectivity index (χ0n) is 17.3. The van der Waals surface area contributed by atoms with Gasteiger partial charge in [0.05, 0.1) is 15.9 Å². The molecule has 1 aliphatic heterocycles. The monoisotopic (exact) mass is 446 g/mol. The second kappa shape index (κ2) is 7.84. The van der Waals surface area contributed by atoms with Crippen molar-refractivity contribution in [3.8, 4) is 0 Å². The van der Waals surface area contributed by atoms with Gasteiger partial charge in [-0.1, -0.05) is 0 Å². The molecule has 0 N–H and O–H groups in total. The van der Waals surface area contributed by atoms with Crippen molar-refractivity contribution in [2.24, 2.45) is 14.1 Å². The minimum Gasteiger partial charge on any atom is -0.368 e. The molecule has 4 rings (SSSR count). The van der Waals surface area contributed by atoms with Crippen LogP contribution in [0.25, 0.3) is 11.0 Å². The molecule has 1 aliphatic rings. The molecule has 0 radical (unpaired) electrons. The van der Waals surface area contributed by atoms with Gasteiger partial charge in [-0.2, -0.15) is 0 Å². The minimum atomic E-state index is -3.86. The van der Waals surface area contributed by atoms with E-state index in [0.717, 1.165) is 5.69 Å². The number of anilines is 1. The van der Waals surface area contributed by atoms with Crippen LogP contribution in [0.15, 0.2) is 52.2 Å². The van der Waals surface area contributed by atoms with E-state index in [2.05, 4.69) is 0 Å². The van der Waals surface area contributed by atoms with Crippen LogP contribution in [0.5, 0.6) is 0 Å². The van der Waals surface area contributed by atoms with E-state index >= 15 is 0 Å². The number of hydrogen-bond acceptors (Lipinski definition) is 5. The molecule has 3 aromatic rings. The number of amides is 1. The second-order valence-electron chi connectivity index (χ2n) is 7.65. The fourth-order valence-electron chi connectivity index (χ4n) is 3.88. The van der Waals surface area contributed by atoms with Crippen molar-refractivity contribution in [1.82, 2.24) is 14.0 Å². The van der Waals surface area contributed by atoms with Crippen LogP contribution < -0.4 is 10.6 Å². The first kappa shape index (κ1) is 21.1. The summed E-state index contributed by atoms with van der Waals surface area (Å²) in [4.78, 5) is 28.3. The number of rotatable bonds is 4. The molecule has 0 unspecified atom stereocenters. The lowest BCUT2D eigenvalue weighted by Crippen LogP contribution is -2.50. The van der Waals surface area contributed by atoms with E-state index in [1.807, 2.05) is 4.90 Å². The fourth-order valence-corrected chi connectivity index (χ4v) is 5.12. The van der Waals surface area contributed by atoms with Crippen molar-refractivity contribution in [3.63, 3.8) is 0 Å². The maximum absolute atomic E-state index is 13.1. The van der Waals surface area contributed by atoms with Gasteiger partial charge in [0.2, 0.25) is 5.91 Å². The van der Waals surface area contributed by atoms with Gasteiger partial charge in [-0.05, 0) is 42.5 Å². The highest BCUT2D eigenvalue weighted by molar-refractivity contribution is 7.92. The lowest BCUT2D eigenvalue weighted by molar-refractivity contribution is -0.128. The number of imidazole rings is 1. The van der Waals surface area contributed by atoms with Crippen LogP contribution in [0, 0.1) is 5.82 Å². The maximum Gasteiger partial charge on any atom is 0.328 e. The van der Waals surface area contributed by atoms with Gasteiger partial charge in [0.1, 0.15) is 11.6 Å². The standard InChI is InChI=1S/C21H23FN4O4S/c1-23-18-8-7-17(13-19(18)24(2)21(23)28)31(29,30)14-20(27)26-11-9-25(10-12-26)16-5-3-15(22)4-6-16/h3-8,13H,9-12,14H2,1-2H3. The maximum atomic E-state index is 13.1. The summed E-state index contributed by atoms with van der Waals surface area (Å²) in [5.74, 6) is -1.40. The lowest BCUT2D eigenvalue weighted by Gasteiger charge is -2.36. The molecule has 0 bridgehead atoms. The molecular formula is C21H23FN4O4S. The Hall–Kier alpha value is -3.14. The van der Waals surface area contributed by atoms with E-state index in [9.17, 15) is 22.4 Å². The molecule has 1 amide bonds. The molecule has 1 saturated heterocycles. The van der Waals surface area contributed by atoms with E-state index in [1.165, 1.54) is 38.3 Å². The first-order valence-corrected chi connectivity index (χ1v) is 11.5. The SMILES string of the molecule is Cn1c(=O)n(C)c2cc(S(=O)(=O)CC(=O)N3CCN(c4ccc(F)cc4)CC3)ccc21. The smallest absolute Gasteiger partial charge is 0.328 e. The molecule has 10 heteroatoms. The number of benzene rings is 2. The third-order valence-electron chi connectivity index (χ3n) is 5.74. The van der Waals surface area contributed by atoms with E-state index in [1.54, 1.807) is 32.3 Å². The van der Waals surface area contributed by atoms with Crippen molar-refractivity contribution in [2.75, 3.05) is 36.8 Å². The van der Waals surface area contributed by atoms with Gasteiger partial charge in [0, 0.05) is 46.0 Å². The fraction of sp³-hybridized carbons (Fsp3) is 0.333. The molecule has 0 spiro atoms. The zero-order valence-corrected chi connectivity index (χ0v) is 18.1. The predicted molar refractivity (Wildman–Crippen MR) is 115 cm³/mol. The van der Waals surface area contributed by atoms with Gasteiger partial charge in [0.25, 0.3) is 0 Å². The lowest BCUT2D eigenvalue weighted by atomic mass is 10.2. The Kier molecular flexibility index (Phi) is 5.34. The molecule has 2 heterocycles. The summed E-state index contributed by atoms with van der Waals surface area (Å²) < 4.78 is 41.6. The zero-order chi connectivity index (χ0) is 22.3. The Labute approximate surface area is 179 Å². The molecule has 0 saturated carbocycles. The van der Waals surface area contributed by atoms with Gasteiger partial charge < -0.3 is 9.80 Å². The Balaban J connectivity index is 1.46. The van der Waals surface area contributed by atoms with E-state index in [-0.39, 0.29) is 16.4 Å². The van der Waals surface area contributed by atoms with E-state index in [4.69, 9.17) is 0 Å². The number of halogens is 1. The third-order valence-corrected chi connectivity index (χ3v) is 7.34. The Morgan fingerprint density at radius 3 is 2.19 bits per heavy atom. The summed E-state index contributed by atoms with van der Waals surface area (Å²) >= 11 is 0. The number of nitrogens with zero attached hydrogens (tertiary/aromatic N) is 4. The molecule has 8 nitrogen and oxygen atoms in total. The number of sulfone groups is 1. The molecule has 0 atom stereocenters. The Morgan fingerprint density at radius 2 is 1.55 bits per heavy atom. The molecule has 1 fully saturated rings. The van der Waals surface area contributed by atoms with Crippen LogP contribution in [-0.4, -0.2) is 60.3 Å². The van der Waals surface area contributed by atoms with Crippen molar-refractivity contribution in [1.29, 1.82) is 0 Å². The number of aryl methyl sites for hydroxylation is 2. The highest BCUT2D eigenvalue weighted by Crippen LogP contribution is 2.20. The number of hydrogen-bond donors (Lipinski definition) is 0. The molecule has 0 aliphatic carbocycles. The Bertz CT molecular complexity index is 1300. The summed E-state index contributed by atoms with van der Waals surface area (Å²) in [6.07, 6.45) is 0. The number of piperazine rings is 1. The summed E-state index contributed by atoms with van der Waals surface area (Å²) in [7, 11) is -0.667. The predicted octanol–water partition coefficient (Wildman–Crippen LogP) is 1.14. The van der Waals surface area contributed by atoms with Crippen molar-refractivity contribution >= 4 is 32.5 Å². The van der Waals surface area contributed by atoms with Crippen LogP contribution in [0.4, 0.5) is 10.1 Å². The average Bonchev–Trinajstić information content (AvgIpc) is 2.98. The Morgan fingerprint density at radius 1 is 0.935 bits per heavy atom. The van der Waals surface area contributed by atoms with Gasteiger partial charge in [-0.3, -0.25) is 13.9 Å². The molecule has 31 heavy (non-hydrogen) atoms. The topological polar surface area (TPSA) is 84.6 Å². The van der Waals surface area contributed by atoms with Crippen molar-refractivity contribution in [3.05, 3.63) is 58.8 Å². The summed E-state index contributed by atoms with van der Waals surface area (Å²) in [5.41, 5.74) is 1.73. The largest absolute Gasteiger partial charge is 0.368 e. The van der Waals surface area contributed by atoms with Crippen LogP contribution in [-0.2, 0) is 28.7 Å². The van der Waals surface area contributed by atoms with Crippen molar-refractivity contribution < 1.29 is 17.6 Å². The first-order chi connectivity index (χ1) is 14.7. The quantitative estimate of drug-likeness (QED) is 0.600. The third kappa shape index (κ3) is 3.95. The van der Waals surface area contributed by atoms with Gasteiger partial charge in [-0.15, -0.1) is 0 Å². The molecule has 164 valence electrons. The highest BCUT2D eigenvalue weighted by atomic mass is 32.2. The molecule has 1 aromatic heterocycles. The molecular weight excluding hydrogens is 423 g/mol. The normalized spacial score (nSPS) is 14.9. The number of carbonyl (C=O) groups excluding carboxylic acids is 1. The van der Waals surface area contributed by atoms with Crippen LogP contribution in [0.2, 0.25) is 0 Å². The highest BCUT2D eigenvalue weighted by Gasteiger charge is 2.27. The van der Waals surface area contributed by atoms with E-state index < -0.39 is 21.5 Å². The first-order valence-electron chi connectivity index (χ1n) is 9.84. The number of carbonyl (C=O) groups is 1. The number of aromatic nitrogens is 2. The number of fused-ring (bicyclic) bond motifs is 1. The average molecular weight is 447 g/mol. The summed E-state index contributed by atoms with van der Waals surface area (Å²) in [6.45, 7) is 1.85. The summed E-state index contributed by atoms with van der Waals surface area (Å²) in [5, 5.41) is 0. The minimum absolute atomic E-state index is 0.0134. The molecule has 2 aromatic carbocycles.